The Morgan fingerprint density at radius 3 is 2.65 bits per heavy atom. The fourth-order valence-corrected chi connectivity index (χ4v) is 2.86. The van der Waals surface area contributed by atoms with Crippen LogP contribution < -0.4 is 10.3 Å². The SMILES string of the molecule is Cc1nnc(NS(=O)(=O)c2ccc(=O)[nH]c2)s1. The van der Waals surface area contributed by atoms with Crippen molar-refractivity contribution in [2.24, 2.45) is 0 Å². The number of aryl methyl sites for hydroxylation is 1. The summed E-state index contributed by atoms with van der Waals surface area (Å²) in [4.78, 5) is 13.1. The molecule has 0 radical (unpaired) electrons. The van der Waals surface area contributed by atoms with Crippen LogP contribution in [0, 0.1) is 6.92 Å². The molecule has 0 amide bonds. The van der Waals surface area contributed by atoms with Crippen molar-refractivity contribution in [1.29, 1.82) is 0 Å². The smallest absolute Gasteiger partial charge is 0.265 e. The fourth-order valence-electron chi connectivity index (χ4n) is 1.08. The molecule has 0 spiro atoms. The molecule has 0 saturated heterocycles. The molecular formula is C8H8N4O3S2. The molecule has 2 aromatic heterocycles. The van der Waals surface area contributed by atoms with E-state index in [1.807, 2.05) is 0 Å². The molecule has 2 heterocycles. The lowest BCUT2D eigenvalue weighted by molar-refractivity contribution is 0.600. The normalized spacial score (nSPS) is 11.4. The molecule has 0 bridgehead atoms. The van der Waals surface area contributed by atoms with Gasteiger partial charge in [0.05, 0.1) is 0 Å². The van der Waals surface area contributed by atoms with E-state index in [2.05, 4.69) is 19.9 Å². The van der Waals surface area contributed by atoms with Gasteiger partial charge in [-0.25, -0.2) is 8.42 Å². The van der Waals surface area contributed by atoms with Gasteiger partial charge >= 0.3 is 0 Å². The van der Waals surface area contributed by atoms with E-state index >= 15 is 0 Å². The highest BCUT2D eigenvalue weighted by atomic mass is 32.2. The first-order valence-electron chi connectivity index (χ1n) is 4.49. The lowest BCUT2D eigenvalue weighted by atomic mass is 10.5. The topological polar surface area (TPSA) is 105 Å². The summed E-state index contributed by atoms with van der Waals surface area (Å²) < 4.78 is 25.9. The van der Waals surface area contributed by atoms with Crippen LogP contribution in [0.4, 0.5) is 5.13 Å². The summed E-state index contributed by atoms with van der Waals surface area (Å²) in [5.74, 6) is 0. The number of anilines is 1. The molecule has 0 aliphatic carbocycles. The summed E-state index contributed by atoms with van der Waals surface area (Å²) in [6, 6.07) is 2.36. The number of H-pyrrole nitrogens is 1. The number of nitrogens with zero attached hydrogens (tertiary/aromatic N) is 2. The molecule has 9 heteroatoms. The predicted molar refractivity (Wildman–Crippen MR) is 62.5 cm³/mol. The third-order valence-electron chi connectivity index (χ3n) is 1.81. The second-order valence-corrected chi connectivity index (χ2v) is 5.98. The van der Waals surface area contributed by atoms with Crippen molar-refractivity contribution in [3.05, 3.63) is 33.7 Å². The van der Waals surface area contributed by atoms with Gasteiger partial charge in [0, 0.05) is 12.3 Å². The van der Waals surface area contributed by atoms with E-state index in [1.54, 1.807) is 6.92 Å². The quantitative estimate of drug-likeness (QED) is 0.838. The molecule has 2 N–H and O–H groups in total. The van der Waals surface area contributed by atoms with Crippen molar-refractivity contribution < 1.29 is 8.42 Å². The Balaban J connectivity index is 2.31. The Morgan fingerprint density at radius 2 is 2.12 bits per heavy atom. The van der Waals surface area contributed by atoms with Crippen molar-refractivity contribution in [3.8, 4) is 0 Å². The Kier molecular flexibility index (Phi) is 2.94. The van der Waals surface area contributed by atoms with Crippen LogP contribution in [-0.4, -0.2) is 23.6 Å². The second kappa shape index (κ2) is 4.26. The Hall–Kier alpha value is -1.74. The minimum absolute atomic E-state index is 0.0371. The molecule has 0 unspecified atom stereocenters. The number of aromatic nitrogens is 3. The number of rotatable bonds is 3. The van der Waals surface area contributed by atoms with Gasteiger partial charge < -0.3 is 4.98 Å². The molecule has 0 saturated carbocycles. The summed E-state index contributed by atoms with van der Waals surface area (Å²) in [6.45, 7) is 1.72. The summed E-state index contributed by atoms with van der Waals surface area (Å²) in [7, 11) is -3.73. The van der Waals surface area contributed by atoms with Crippen LogP contribution >= 0.6 is 11.3 Å². The molecule has 0 aliphatic rings. The van der Waals surface area contributed by atoms with Gasteiger partial charge in [-0.15, -0.1) is 10.2 Å². The van der Waals surface area contributed by atoms with E-state index in [1.165, 1.54) is 6.07 Å². The zero-order valence-electron chi connectivity index (χ0n) is 8.67. The average molecular weight is 272 g/mol. The first-order chi connectivity index (χ1) is 7.97. The molecule has 0 aromatic carbocycles. The van der Waals surface area contributed by atoms with Crippen LogP contribution in [0.3, 0.4) is 0 Å². The summed E-state index contributed by atoms with van der Waals surface area (Å²) in [6.07, 6.45) is 1.12. The molecule has 0 atom stereocenters. The van der Waals surface area contributed by atoms with Crippen molar-refractivity contribution in [1.82, 2.24) is 15.2 Å². The third kappa shape index (κ3) is 2.68. The van der Waals surface area contributed by atoms with Crippen molar-refractivity contribution in [2.75, 3.05) is 4.72 Å². The van der Waals surface area contributed by atoms with Gasteiger partial charge in [0.1, 0.15) is 9.90 Å². The highest BCUT2D eigenvalue weighted by Crippen LogP contribution is 2.18. The highest BCUT2D eigenvalue weighted by molar-refractivity contribution is 7.93. The van der Waals surface area contributed by atoms with E-state index in [0.29, 0.717) is 5.01 Å². The van der Waals surface area contributed by atoms with Gasteiger partial charge in [-0.2, -0.15) is 0 Å². The fraction of sp³-hybridized carbons (Fsp3) is 0.125. The van der Waals surface area contributed by atoms with Gasteiger partial charge in [-0.3, -0.25) is 9.52 Å². The maximum atomic E-state index is 11.8. The molecule has 0 aliphatic heterocycles. The van der Waals surface area contributed by atoms with E-state index in [0.717, 1.165) is 23.6 Å². The van der Waals surface area contributed by atoms with Crippen LogP contribution in [0.2, 0.25) is 0 Å². The minimum atomic E-state index is -3.73. The number of pyridine rings is 1. The summed E-state index contributed by atoms with van der Waals surface area (Å²) in [5.41, 5.74) is -0.365. The van der Waals surface area contributed by atoms with E-state index in [9.17, 15) is 13.2 Å². The molecule has 7 nitrogen and oxygen atoms in total. The Bertz CT molecular complexity index is 668. The van der Waals surface area contributed by atoms with Gasteiger partial charge in [0.25, 0.3) is 10.0 Å². The zero-order chi connectivity index (χ0) is 12.5. The van der Waals surface area contributed by atoms with Gasteiger partial charge in [-0.1, -0.05) is 11.3 Å². The minimum Gasteiger partial charge on any atom is -0.328 e. The molecular weight excluding hydrogens is 264 g/mol. The summed E-state index contributed by atoms with van der Waals surface area (Å²) in [5, 5.41) is 8.19. The van der Waals surface area contributed by atoms with Crippen LogP contribution in [0.1, 0.15) is 5.01 Å². The summed E-state index contributed by atoms with van der Waals surface area (Å²) >= 11 is 1.13. The highest BCUT2D eigenvalue weighted by Gasteiger charge is 2.16. The van der Waals surface area contributed by atoms with Gasteiger partial charge in [-0.05, 0) is 13.0 Å². The average Bonchev–Trinajstić information content (AvgIpc) is 2.63. The number of nitrogens with one attached hydrogen (secondary N) is 2. The molecule has 17 heavy (non-hydrogen) atoms. The number of aromatic amines is 1. The lowest BCUT2D eigenvalue weighted by Gasteiger charge is -2.03. The van der Waals surface area contributed by atoms with Crippen molar-refractivity contribution >= 4 is 26.5 Å². The first-order valence-corrected chi connectivity index (χ1v) is 6.79. The number of hydrogen-bond donors (Lipinski definition) is 2. The molecule has 90 valence electrons. The first kappa shape index (κ1) is 11.7. The van der Waals surface area contributed by atoms with E-state index in [-0.39, 0.29) is 15.6 Å². The van der Waals surface area contributed by atoms with Crippen LogP contribution in [-0.2, 0) is 10.0 Å². The standard InChI is InChI=1S/C8H8N4O3S2/c1-5-10-11-8(16-5)12-17(14,15)6-2-3-7(13)9-4-6/h2-4H,1H3,(H,9,13)(H,11,12). The van der Waals surface area contributed by atoms with Crippen LogP contribution in [0.5, 0.6) is 0 Å². The maximum absolute atomic E-state index is 11.8. The Labute approximate surface area is 101 Å². The second-order valence-electron chi connectivity index (χ2n) is 3.12. The maximum Gasteiger partial charge on any atom is 0.265 e. The van der Waals surface area contributed by atoms with E-state index in [4.69, 9.17) is 0 Å². The number of sulfonamides is 1. The van der Waals surface area contributed by atoms with E-state index < -0.39 is 10.0 Å². The molecule has 2 aromatic rings. The Morgan fingerprint density at radius 1 is 1.35 bits per heavy atom. The largest absolute Gasteiger partial charge is 0.328 e. The molecule has 2 rings (SSSR count). The van der Waals surface area contributed by atoms with Crippen LogP contribution in [0.15, 0.2) is 28.0 Å². The van der Waals surface area contributed by atoms with Crippen LogP contribution in [0.25, 0.3) is 0 Å². The predicted octanol–water partition coefficient (Wildman–Crippen LogP) is 0.336. The number of hydrogen-bond acceptors (Lipinski definition) is 6. The monoisotopic (exact) mass is 272 g/mol. The van der Waals surface area contributed by atoms with Gasteiger partial charge in [0.2, 0.25) is 10.7 Å². The van der Waals surface area contributed by atoms with Gasteiger partial charge in [0.15, 0.2) is 0 Å². The molecule has 0 fully saturated rings. The van der Waals surface area contributed by atoms with Crippen molar-refractivity contribution in [3.63, 3.8) is 0 Å². The third-order valence-corrected chi connectivity index (χ3v) is 4.03. The lowest BCUT2D eigenvalue weighted by Crippen LogP contribution is -2.15. The zero-order valence-corrected chi connectivity index (χ0v) is 10.3. The van der Waals surface area contributed by atoms with Crippen molar-refractivity contribution in [2.45, 2.75) is 11.8 Å².